The minimum atomic E-state index is -1.24. The fraction of sp³-hybridized carbons (Fsp3) is 0.462. The fourth-order valence-electron chi connectivity index (χ4n) is 1.74. The topological polar surface area (TPSA) is 80.4 Å². The van der Waals surface area contributed by atoms with Crippen molar-refractivity contribution in [2.75, 3.05) is 5.75 Å². The number of hydrogen-bond donors (Lipinski definition) is 1. The van der Waals surface area contributed by atoms with E-state index < -0.39 is 10.9 Å². The maximum atomic E-state index is 11.2. The van der Waals surface area contributed by atoms with Crippen LogP contribution in [0.4, 0.5) is 5.69 Å². The van der Waals surface area contributed by atoms with Gasteiger partial charge in [-0.1, -0.05) is 31.9 Å². The number of nitro groups is 1. The highest BCUT2D eigenvalue weighted by atomic mass is 32.2. The molecule has 0 radical (unpaired) electrons. The molecule has 0 saturated heterocycles. The van der Waals surface area contributed by atoms with E-state index in [9.17, 15) is 14.9 Å². The van der Waals surface area contributed by atoms with Crippen molar-refractivity contribution in [2.24, 2.45) is 0 Å². The number of hydrogen-bond acceptors (Lipinski definition) is 4. The van der Waals surface area contributed by atoms with Gasteiger partial charge in [-0.2, -0.15) is 11.8 Å². The third kappa shape index (κ3) is 4.55. The first-order chi connectivity index (χ1) is 9.07. The summed E-state index contributed by atoms with van der Waals surface area (Å²) in [4.78, 5) is 21.4. The second-order valence-electron chi connectivity index (χ2n) is 4.13. The van der Waals surface area contributed by atoms with Crippen LogP contribution in [0.2, 0.25) is 0 Å². The molecule has 0 unspecified atom stereocenters. The molecular formula is C13H17NO4S. The van der Waals surface area contributed by atoms with Crippen LogP contribution in [-0.4, -0.2) is 21.8 Å². The zero-order chi connectivity index (χ0) is 14.3. The average Bonchev–Trinajstić information content (AvgIpc) is 2.37. The van der Waals surface area contributed by atoms with Crippen molar-refractivity contribution in [3.05, 3.63) is 39.4 Å². The second-order valence-corrected chi connectivity index (χ2v) is 5.24. The van der Waals surface area contributed by atoms with E-state index in [1.54, 1.807) is 17.8 Å². The largest absolute Gasteiger partial charge is 0.477 e. The molecule has 1 aromatic rings. The molecule has 104 valence electrons. The first-order valence-electron chi connectivity index (χ1n) is 6.15. The van der Waals surface area contributed by atoms with E-state index in [1.165, 1.54) is 12.1 Å². The Hall–Kier alpha value is -1.56. The summed E-state index contributed by atoms with van der Waals surface area (Å²) < 4.78 is 0. The lowest BCUT2D eigenvalue weighted by Crippen LogP contribution is -2.06. The number of benzene rings is 1. The molecule has 1 N–H and O–H groups in total. The number of carbonyl (C=O) groups is 1. The minimum Gasteiger partial charge on any atom is -0.477 e. The van der Waals surface area contributed by atoms with Crippen LogP contribution >= 0.6 is 11.8 Å². The van der Waals surface area contributed by atoms with Crippen LogP contribution in [0.15, 0.2) is 18.2 Å². The summed E-state index contributed by atoms with van der Waals surface area (Å²) in [6.07, 6.45) is 3.37. The summed E-state index contributed by atoms with van der Waals surface area (Å²) in [5, 5.41) is 20.0. The quantitative estimate of drug-likeness (QED) is 0.447. The molecule has 0 heterocycles. The van der Waals surface area contributed by atoms with Crippen molar-refractivity contribution in [3.8, 4) is 0 Å². The van der Waals surface area contributed by atoms with Crippen LogP contribution in [0, 0.1) is 10.1 Å². The summed E-state index contributed by atoms with van der Waals surface area (Å²) in [7, 11) is 0. The molecule has 0 aliphatic carbocycles. The lowest BCUT2D eigenvalue weighted by atomic mass is 10.1. The van der Waals surface area contributed by atoms with Gasteiger partial charge in [-0.25, -0.2) is 4.79 Å². The number of nitrogens with zero attached hydrogens (tertiary/aromatic N) is 1. The Kier molecular flexibility index (Phi) is 6.35. The van der Waals surface area contributed by atoms with Gasteiger partial charge in [0.2, 0.25) is 0 Å². The highest BCUT2D eigenvalue weighted by Gasteiger charge is 2.22. The number of unbranched alkanes of at least 4 members (excludes halogenated alkanes) is 2. The molecule has 19 heavy (non-hydrogen) atoms. The van der Waals surface area contributed by atoms with Crippen LogP contribution in [0.25, 0.3) is 0 Å². The molecule has 0 amide bonds. The smallest absolute Gasteiger partial charge is 0.343 e. The normalized spacial score (nSPS) is 10.4. The van der Waals surface area contributed by atoms with Gasteiger partial charge in [0.15, 0.2) is 0 Å². The van der Waals surface area contributed by atoms with E-state index in [1.807, 2.05) is 0 Å². The maximum absolute atomic E-state index is 11.2. The van der Waals surface area contributed by atoms with Crippen molar-refractivity contribution < 1.29 is 14.8 Å². The van der Waals surface area contributed by atoms with Gasteiger partial charge in [-0.3, -0.25) is 10.1 Å². The molecule has 0 aliphatic heterocycles. The van der Waals surface area contributed by atoms with Gasteiger partial charge in [-0.15, -0.1) is 0 Å². The lowest BCUT2D eigenvalue weighted by molar-refractivity contribution is -0.385. The van der Waals surface area contributed by atoms with Crippen LogP contribution in [-0.2, 0) is 5.75 Å². The monoisotopic (exact) mass is 283 g/mol. The van der Waals surface area contributed by atoms with Crippen molar-refractivity contribution in [2.45, 2.75) is 31.9 Å². The predicted molar refractivity (Wildman–Crippen MR) is 75.7 cm³/mol. The Bertz CT molecular complexity index is 462. The van der Waals surface area contributed by atoms with Crippen molar-refractivity contribution >= 4 is 23.4 Å². The van der Waals surface area contributed by atoms with Gasteiger partial charge in [0.1, 0.15) is 5.56 Å². The Morgan fingerprint density at radius 3 is 2.74 bits per heavy atom. The molecule has 0 atom stereocenters. The third-order valence-electron chi connectivity index (χ3n) is 2.69. The number of carboxylic acids is 1. The Morgan fingerprint density at radius 2 is 2.16 bits per heavy atom. The van der Waals surface area contributed by atoms with Gasteiger partial charge in [-0.05, 0) is 17.7 Å². The van der Waals surface area contributed by atoms with Crippen LogP contribution in [0.5, 0.6) is 0 Å². The first-order valence-corrected chi connectivity index (χ1v) is 7.30. The summed E-state index contributed by atoms with van der Waals surface area (Å²) in [5.41, 5.74) is -0.00199. The van der Waals surface area contributed by atoms with Crippen molar-refractivity contribution in [3.63, 3.8) is 0 Å². The summed E-state index contributed by atoms with van der Waals surface area (Å²) in [6.45, 7) is 2.12. The Labute approximate surface area is 116 Å². The molecule has 5 nitrogen and oxygen atoms in total. The average molecular weight is 283 g/mol. The summed E-state index contributed by atoms with van der Waals surface area (Å²) in [6, 6.07) is 4.41. The van der Waals surface area contributed by atoms with Gasteiger partial charge in [0, 0.05) is 11.8 Å². The summed E-state index contributed by atoms with van der Waals surface area (Å²) in [5.74, 6) is 0.194. The number of thioether (sulfide) groups is 1. The lowest BCUT2D eigenvalue weighted by Gasteiger charge is -2.06. The molecule has 6 heteroatoms. The van der Waals surface area contributed by atoms with Gasteiger partial charge in [0.05, 0.1) is 4.92 Å². The highest BCUT2D eigenvalue weighted by Crippen LogP contribution is 2.26. The molecule has 1 aromatic carbocycles. The van der Waals surface area contributed by atoms with Crippen LogP contribution < -0.4 is 0 Å². The molecular weight excluding hydrogens is 266 g/mol. The van der Waals surface area contributed by atoms with E-state index >= 15 is 0 Å². The van der Waals surface area contributed by atoms with Crippen molar-refractivity contribution in [1.29, 1.82) is 0 Å². The SMILES string of the molecule is CCCCCSCc1cccc([N+](=O)[O-])c1C(=O)O. The molecule has 0 fully saturated rings. The number of rotatable bonds is 8. The number of nitro benzene ring substituents is 1. The molecule has 0 bridgehead atoms. The molecule has 0 spiro atoms. The molecule has 0 saturated carbocycles. The first kappa shape index (κ1) is 15.5. The summed E-state index contributed by atoms with van der Waals surface area (Å²) >= 11 is 1.61. The zero-order valence-corrected chi connectivity index (χ0v) is 11.6. The Morgan fingerprint density at radius 1 is 1.42 bits per heavy atom. The van der Waals surface area contributed by atoms with Crippen LogP contribution in [0.3, 0.4) is 0 Å². The van der Waals surface area contributed by atoms with Gasteiger partial charge >= 0.3 is 5.97 Å². The number of aromatic carboxylic acids is 1. The van der Waals surface area contributed by atoms with E-state index in [0.29, 0.717) is 11.3 Å². The van der Waals surface area contributed by atoms with Gasteiger partial charge < -0.3 is 5.11 Å². The molecule has 0 aliphatic rings. The second kappa shape index (κ2) is 7.78. The third-order valence-corrected chi connectivity index (χ3v) is 3.78. The zero-order valence-electron chi connectivity index (χ0n) is 10.8. The molecule has 1 rings (SSSR count). The van der Waals surface area contributed by atoms with E-state index in [4.69, 9.17) is 5.11 Å². The van der Waals surface area contributed by atoms with Crippen LogP contribution in [0.1, 0.15) is 42.1 Å². The minimum absolute atomic E-state index is 0.185. The van der Waals surface area contributed by atoms with E-state index in [0.717, 1.165) is 25.0 Å². The molecule has 0 aromatic heterocycles. The Balaban J connectivity index is 2.80. The number of carboxylic acid groups (broad SMARTS) is 1. The van der Waals surface area contributed by atoms with Gasteiger partial charge in [0.25, 0.3) is 5.69 Å². The van der Waals surface area contributed by atoms with Crippen molar-refractivity contribution in [1.82, 2.24) is 0 Å². The fourth-order valence-corrected chi connectivity index (χ4v) is 2.76. The predicted octanol–water partition coefficient (Wildman–Crippen LogP) is 3.72. The maximum Gasteiger partial charge on any atom is 0.343 e. The van der Waals surface area contributed by atoms with E-state index in [-0.39, 0.29) is 11.3 Å². The van der Waals surface area contributed by atoms with E-state index in [2.05, 4.69) is 6.92 Å². The standard InChI is InChI=1S/C13H17NO4S/c1-2-3-4-8-19-9-10-6-5-7-11(14(17)18)12(10)13(15)16/h5-7H,2-4,8-9H2,1H3,(H,15,16). The highest BCUT2D eigenvalue weighted by molar-refractivity contribution is 7.98.